The van der Waals surface area contributed by atoms with E-state index < -0.39 is 23.5 Å². The van der Waals surface area contributed by atoms with Crippen LogP contribution in [-0.4, -0.2) is 23.0 Å². The van der Waals surface area contributed by atoms with Crippen LogP contribution in [-0.2, 0) is 10.9 Å². The smallest absolute Gasteiger partial charge is 0.416 e. The van der Waals surface area contributed by atoms with Gasteiger partial charge >= 0.3 is 12.1 Å². The zero-order valence-electron chi connectivity index (χ0n) is 10.6. The highest BCUT2D eigenvalue weighted by atomic mass is 19.4. The fourth-order valence-corrected chi connectivity index (χ4v) is 1.62. The van der Waals surface area contributed by atoms with Crippen molar-refractivity contribution in [3.05, 3.63) is 47.7 Å². The summed E-state index contributed by atoms with van der Waals surface area (Å²) in [5, 5.41) is 0. The third kappa shape index (κ3) is 3.15. The van der Waals surface area contributed by atoms with E-state index in [4.69, 9.17) is 0 Å². The Morgan fingerprint density at radius 2 is 1.90 bits per heavy atom. The molecule has 2 rings (SSSR count). The Labute approximate surface area is 116 Å². The molecule has 0 spiro atoms. The summed E-state index contributed by atoms with van der Waals surface area (Å²) in [6.45, 7) is 0. The molecule has 0 atom stereocenters. The topological polar surface area (TPSA) is 52.1 Å². The van der Waals surface area contributed by atoms with Crippen molar-refractivity contribution < 1.29 is 27.1 Å². The first kappa shape index (κ1) is 14.9. The quantitative estimate of drug-likeness (QED) is 0.632. The minimum absolute atomic E-state index is 0.144. The van der Waals surface area contributed by atoms with Crippen molar-refractivity contribution in [3.8, 4) is 11.3 Å². The predicted octanol–water partition coefficient (Wildman–Crippen LogP) is 3.09. The first-order chi connectivity index (χ1) is 9.82. The van der Waals surface area contributed by atoms with E-state index in [0.29, 0.717) is 18.2 Å². The Morgan fingerprint density at radius 3 is 2.52 bits per heavy atom. The molecule has 1 aromatic carbocycles. The maximum atomic E-state index is 13.7. The van der Waals surface area contributed by atoms with Crippen LogP contribution in [0.15, 0.2) is 30.6 Å². The Hall–Kier alpha value is -2.51. The fraction of sp³-hybridized carbons (Fsp3) is 0.154. The summed E-state index contributed by atoms with van der Waals surface area (Å²) in [6.07, 6.45) is -3.66. The number of hydrogen-bond donors (Lipinski definition) is 0. The zero-order valence-corrected chi connectivity index (χ0v) is 10.6. The Balaban J connectivity index is 2.54. The van der Waals surface area contributed by atoms with E-state index in [9.17, 15) is 22.4 Å². The molecule has 1 aromatic heterocycles. The average molecular weight is 300 g/mol. The lowest BCUT2D eigenvalue weighted by atomic mass is 10.1. The number of aromatic nitrogens is 2. The first-order valence-corrected chi connectivity index (χ1v) is 5.60. The highest BCUT2D eigenvalue weighted by Crippen LogP contribution is 2.33. The van der Waals surface area contributed by atoms with Gasteiger partial charge in [-0.2, -0.15) is 13.2 Å². The summed E-state index contributed by atoms with van der Waals surface area (Å²) in [5.74, 6) is -1.69. The second-order valence-electron chi connectivity index (χ2n) is 3.97. The summed E-state index contributed by atoms with van der Waals surface area (Å²) < 4.78 is 56.1. The van der Waals surface area contributed by atoms with Gasteiger partial charge in [-0.3, -0.25) is 0 Å². The van der Waals surface area contributed by atoms with Crippen LogP contribution in [0.1, 0.15) is 16.1 Å². The standard InChI is InChI=1S/C13H8F4N2O2/c1-21-12(20)11-5-10(18-6-19-11)8-4-7(13(15,16)17)2-3-9(8)14/h2-6H,1H3. The van der Waals surface area contributed by atoms with Crippen molar-refractivity contribution >= 4 is 5.97 Å². The van der Waals surface area contributed by atoms with E-state index in [2.05, 4.69) is 14.7 Å². The number of nitrogens with zero attached hydrogens (tertiary/aromatic N) is 2. The maximum absolute atomic E-state index is 13.7. The minimum atomic E-state index is -4.61. The normalized spacial score (nSPS) is 11.3. The lowest BCUT2D eigenvalue weighted by Crippen LogP contribution is -2.07. The second kappa shape index (κ2) is 5.47. The number of ether oxygens (including phenoxy) is 1. The van der Waals surface area contributed by atoms with E-state index in [1.165, 1.54) is 0 Å². The number of alkyl halides is 3. The third-order valence-corrected chi connectivity index (χ3v) is 2.63. The summed E-state index contributed by atoms with van der Waals surface area (Å²) in [5.41, 5.74) is -1.72. The van der Waals surface area contributed by atoms with Gasteiger partial charge in [0.2, 0.25) is 0 Å². The number of halogens is 4. The molecule has 0 aliphatic rings. The van der Waals surface area contributed by atoms with Crippen molar-refractivity contribution in [2.45, 2.75) is 6.18 Å². The van der Waals surface area contributed by atoms with Crippen LogP contribution in [0.2, 0.25) is 0 Å². The molecule has 2 aromatic rings. The van der Waals surface area contributed by atoms with Crippen LogP contribution in [0.3, 0.4) is 0 Å². The third-order valence-electron chi connectivity index (χ3n) is 2.63. The summed E-state index contributed by atoms with van der Waals surface area (Å²) in [6, 6.07) is 3.00. The van der Waals surface area contributed by atoms with Crippen LogP contribution in [0, 0.1) is 5.82 Å². The molecule has 0 amide bonds. The Morgan fingerprint density at radius 1 is 1.19 bits per heavy atom. The number of rotatable bonds is 2. The molecule has 0 unspecified atom stereocenters. The van der Waals surface area contributed by atoms with Crippen LogP contribution in [0.4, 0.5) is 17.6 Å². The molecule has 4 nitrogen and oxygen atoms in total. The molecule has 1 heterocycles. The zero-order chi connectivity index (χ0) is 15.6. The van der Waals surface area contributed by atoms with Gasteiger partial charge in [0, 0.05) is 5.56 Å². The van der Waals surface area contributed by atoms with E-state index in [1.54, 1.807) is 0 Å². The van der Waals surface area contributed by atoms with E-state index >= 15 is 0 Å². The monoisotopic (exact) mass is 300 g/mol. The van der Waals surface area contributed by atoms with Gasteiger partial charge < -0.3 is 4.74 Å². The van der Waals surface area contributed by atoms with Gasteiger partial charge in [-0.25, -0.2) is 19.2 Å². The molecule has 0 N–H and O–H groups in total. The number of benzene rings is 1. The Bertz CT molecular complexity index is 686. The number of esters is 1. The van der Waals surface area contributed by atoms with Crippen LogP contribution in [0.25, 0.3) is 11.3 Å². The largest absolute Gasteiger partial charge is 0.464 e. The van der Waals surface area contributed by atoms with Gasteiger partial charge in [0.15, 0.2) is 5.69 Å². The van der Waals surface area contributed by atoms with Gasteiger partial charge in [-0.05, 0) is 24.3 Å². The molecule has 8 heteroatoms. The number of carbonyl (C=O) groups is 1. The lowest BCUT2D eigenvalue weighted by molar-refractivity contribution is -0.137. The molecular formula is C13H8F4N2O2. The van der Waals surface area contributed by atoms with Crippen molar-refractivity contribution in [1.82, 2.24) is 9.97 Å². The SMILES string of the molecule is COC(=O)c1cc(-c2cc(C(F)(F)F)ccc2F)ncn1. The summed E-state index contributed by atoms with van der Waals surface area (Å²) in [4.78, 5) is 18.6. The van der Waals surface area contributed by atoms with E-state index in [0.717, 1.165) is 19.5 Å². The molecule has 110 valence electrons. The van der Waals surface area contributed by atoms with E-state index in [-0.39, 0.29) is 17.0 Å². The predicted molar refractivity (Wildman–Crippen MR) is 63.8 cm³/mol. The van der Waals surface area contributed by atoms with Crippen molar-refractivity contribution in [1.29, 1.82) is 0 Å². The van der Waals surface area contributed by atoms with Gasteiger partial charge in [0.25, 0.3) is 0 Å². The van der Waals surface area contributed by atoms with Crippen LogP contribution in [0.5, 0.6) is 0 Å². The molecule has 0 fully saturated rings. The fourth-order valence-electron chi connectivity index (χ4n) is 1.62. The molecule has 0 aliphatic carbocycles. The molecule has 0 bridgehead atoms. The first-order valence-electron chi connectivity index (χ1n) is 5.60. The van der Waals surface area contributed by atoms with Crippen LogP contribution >= 0.6 is 0 Å². The van der Waals surface area contributed by atoms with Gasteiger partial charge in [0.1, 0.15) is 12.1 Å². The highest BCUT2D eigenvalue weighted by Gasteiger charge is 2.31. The van der Waals surface area contributed by atoms with Gasteiger partial charge in [-0.15, -0.1) is 0 Å². The minimum Gasteiger partial charge on any atom is -0.464 e. The van der Waals surface area contributed by atoms with Crippen LogP contribution < -0.4 is 0 Å². The molecular weight excluding hydrogens is 292 g/mol. The second-order valence-corrected chi connectivity index (χ2v) is 3.97. The van der Waals surface area contributed by atoms with E-state index in [1.807, 2.05) is 0 Å². The maximum Gasteiger partial charge on any atom is 0.416 e. The molecule has 21 heavy (non-hydrogen) atoms. The number of hydrogen-bond acceptors (Lipinski definition) is 4. The molecule has 0 saturated carbocycles. The summed E-state index contributed by atoms with van der Waals surface area (Å²) >= 11 is 0. The Kier molecular flexibility index (Phi) is 3.88. The number of carbonyl (C=O) groups excluding carboxylic acids is 1. The van der Waals surface area contributed by atoms with Crippen molar-refractivity contribution in [3.63, 3.8) is 0 Å². The van der Waals surface area contributed by atoms with Crippen molar-refractivity contribution in [2.24, 2.45) is 0 Å². The van der Waals surface area contributed by atoms with Crippen molar-refractivity contribution in [2.75, 3.05) is 7.11 Å². The molecule has 0 saturated heterocycles. The molecule has 0 radical (unpaired) electrons. The number of methoxy groups -OCH3 is 1. The summed E-state index contributed by atoms with van der Waals surface area (Å²) in [7, 11) is 1.12. The van der Waals surface area contributed by atoms with Gasteiger partial charge in [-0.1, -0.05) is 0 Å². The molecule has 0 aliphatic heterocycles. The lowest BCUT2D eigenvalue weighted by Gasteiger charge is -2.09. The average Bonchev–Trinajstić information content (AvgIpc) is 2.45. The highest BCUT2D eigenvalue weighted by molar-refractivity contribution is 5.88. The van der Waals surface area contributed by atoms with Gasteiger partial charge in [0.05, 0.1) is 18.4 Å².